The highest BCUT2D eigenvalue weighted by Crippen LogP contribution is 2.33. The van der Waals surface area contributed by atoms with Crippen LogP contribution >= 0.6 is 23.1 Å². The van der Waals surface area contributed by atoms with Gasteiger partial charge in [-0.1, -0.05) is 36.0 Å². The van der Waals surface area contributed by atoms with Gasteiger partial charge in [0.15, 0.2) is 0 Å². The Bertz CT molecular complexity index is 738. The van der Waals surface area contributed by atoms with Gasteiger partial charge in [-0.25, -0.2) is 9.78 Å². The number of pyridine rings is 1. The van der Waals surface area contributed by atoms with Gasteiger partial charge in [-0.05, 0) is 23.6 Å². The van der Waals surface area contributed by atoms with Gasteiger partial charge in [0.1, 0.15) is 5.03 Å². The molecule has 1 N–H and O–H groups in total. The van der Waals surface area contributed by atoms with E-state index in [2.05, 4.69) is 4.98 Å². The van der Waals surface area contributed by atoms with E-state index in [-0.39, 0.29) is 5.56 Å². The van der Waals surface area contributed by atoms with Gasteiger partial charge in [-0.3, -0.25) is 0 Å². The predicted octanol–water partition coefficient (Wildman–Crippen LogP) is 4.15. The van der Waals surface area contributed by atoms with E-state index in [9.17, 15) is 9.90 Å². The molecule has 0 fully saturated rings. The number of carbonyl (C=O) groups is 1. The molecule has 1 aromatic carbocycles. The van der Waals surface area contributed by atoms with Crippen molar-refractivity contribution in [2.24, 2.45) is 0 Å². The number of hydrogen-bond acceptors (Lipinski definition) is 4. The number of para-hydroxylation sites is 1. The highest BCUT2D eigenvalue weighted by Gasteiger charge is 2.14. The Balaban J connectivity index is 2.15. The summed E-state index contributed by atoms with van der Waals surface area (Å²) in [5.74, 6) is -0.947. The van der Waals surface area contributed by atoms with Crippen molar-refractivity contribution in [2.45, 2.75) is 9.24 Å². The number of thiophene rings is 1. The molecule has 0 bridgehead atoms. The molecule has 0 unspecified atom stereocenters. The van der Waals surface area contributed by atoms with E-state index in [0.717, 1.165) is 15.1 Å². The van der Waals surface area contributed by atoms with Crippen LogP contribution in [0.4, 0.5) is 0 Å². The molecular weight excluding hydrogens is 278 g/mol. The van der Waals surface area contributed by atoms with Crippen LogP contribution in [0.25, 0.3) is 10.9 Å². The number of fused-ring (bicyclic) bond motifs is 1. The van der Waals surface area contributed by atoms with Gasteiger partial charge in [0.2, 0.25) is 0 Å². The summed E-state index contributed by atoms with van der Waals surface area (Å²) in [7, 11) is 0. The Kier molecular flexibility index (Phi) is 3.23. The van der Waals surface area contributed by atoms with Gasteiger partial charge in [0.05, 0.1) is 15.3 Å². The van der Waals surface area contributed by atoms with Crippen LogP contribution in [-0.4, -0.2) is 16.1 Å². The third-order valence-electron chi connectivity index (χ3n) is 2.61. The SMILES string of the molecule is O=C(O)c1cc2ccccc2nc1Sc1cccs1. The minimum Gasteiger partial charge on any atom is -0.478 e. The Morgan fingerprint density at radius 1 is 1.21 bits per heavy atom. The van der Waals surface area contributed by atoms with Crippen LogP contribution in [-0.2, 0) is 0 Å². The number of carboxylic acids is 1. The summed E-state index contributed by atoms with van der Waals surface area (Å²) in [6, 6.07) is 13.1. The van der Waals surface area contributed by atoms with E-state index in [0.29, 0.717) is 5.03 Å². The monoisotopic (exact) mass is 287 g/mol. The number of hydrogen-bond donors (Lipinski definition) is 1. The Morgan fingerprint density at radius 2 is 2.05 bits per heavy atom. The summed E-state index contributed by atoms with van der Waals surface area (Å²) in [4.78, 5) is 15.8. The minimum absolute atomic E-state index is 0.247. The third kappa shape index (κ3) is 2.47. The van der Waals surface area contributed by atoms with Gasteiger partial charge < -0.3 is 5.11 Å². The van der Waals surface area contributed by atoms with Crippen molar-refractivity contribution < 1.29 is 9.90 Å². The average Bonchev–Trinajstić information content (AvgIpc) is 2.90. The molecular formula is C14H9NO2S2. The number of aromatic carboxylic acids is 1. The van der Waals surface area contributed by atoms with E-state index in [1.54, 1.807) is 17.4 Å². The van der Waals surface area contributed by atoms with E-state index >= 15 is 0 Å². The van der Waals surface area contributed by atoms with E-state index in [1.165, 1.54) is 11.8 Å². The number of carboxylic acid groups (broad SMARTS) is 1. The summed E-state index contributed by atoms with van der Waals surface area (Å²) < 4.78 is 1.03. The highest BCUT2D eigenvalue weighted by atomic mass is 32.2. The van der Waals surface area contributed by atoms with Crippen molar-refractivity contribution in [1.29, 1.82) is 0 Å². The molecule has 3 rings (SSSR count). The normalized spacial score (nSPS) is 10.7. The smallest absolute Gasteiger partial charge is 0.338 e. The molecule has 94 valence electrons. The molecule has 0 spiro atoms. The number of nitrogens with zero attached hydrogens (tertiary/aromatic N) is 1. The van der Waals surface area contributed by atoms with Crippen LogP contribution < -0.4 is 0 Å². The topological polar surface area (TPSA) is 50.2 Å². The fraction of sp³-hybridized carbons (Fsp3) is 0. The van der Waals surface area contributed by atoms with Crippen molar-refractivity contribution in [3.63, 3.8) is 0 Å². The molecule has 0 aliphatic carbocycles. The first-order valence-corrected chi connectivity index (χ1v) is 7.28. The molecule has 2 heterocycles. The second-order valence-corrected chi connectivity index (χ2v) is 6.11. The van der Waals surface area contributed by atoms with Crippen LogP contribution in [0.1, 0.15) is 10.4 Å². The summed E-state index contributed by atoms with van der Waals surface area (Å²) in [5.41, 5.74) is 1.06. The lowest BCUT2D eigenvalue weighted by molar-refractivity contribution is 0.0692. The van der Waals surface area contributed by atoms with Crippen molar-refractivity contribution in [3.8, 4) is 0 Å². The molecule has 0 aliphatic rings. The summed E-state index contributed by atoms with van der Waals surface area (Å²) >= 11 is 2.96. The van der Waals surface area contributed by atoms with Gasteiger partial charge in [0, 0.05) is 5.39 Å². The molecule has 0 aliphatic heterocycles. The molecule has 0 radical (unpaired) electrons. The van der Waals surface area contributed by atoms with Gasteiger partial charge in [0.25, 0.3) is 0 Å². The third-order valence-corrected chi connectivity index (χ3v) is 4.65. The second-order valence-electron chi connectivity index (χ2n) is 3.87. The first-order valence-electron chi connectivity index (χ1n) is 5.58. The molecule has 0 atom stereocenters. The molecule has 5 heteroatoms. The first-order chi connectivity index (χ1) is 9.24. The summed E-state index contributed by atoms with van der Waals surface area (Å²) in [5, 5.41) is 12.6. The number of aromatic nitrogens is 1. The van der Waals surface area contributed by atoms with Crippen molar-refractivity contribution in [1.82, 2.24) is 4.98 Å². The Hall–Kier alpha value is -1.85. The van der Waals surface area contributed by atoms with Gasteiger partial charge >= 0.3 is 5.97 Å². The molecule has 0 saturated heterocycles. The fourth-order valence-corrected chi connectivity index (χ4v) is 3.53. The lowest BCUT2D eigenvalue weighted by Gasteiger charge is -2.06. The largest absolute Gasteiger partial charge is 0.478 e. The zero-order valence-corrected chi connectivity index (χ0v) is 11.4. The minimum atomic E-state index is -0.947. The van der Waals surface area contributed by atoms with Crippen molar-refractivity contribution in [2.75, 3.05) is 0 Å². The maximum Gasteiger partial charge on any atom is 0.338 e. The molecule has 3 aromatic rings. The quantitative estimate of drug-likeness (QED) is 0.786. The van der Waals surface area contributed by atoms with Crippen molar-refractivity contribution in [3.05, 3.63) is 53.4 Å². The number of benzene rings is 1. The van der Waals surface area contributed by atoms with Crippen molar-refractivity contribution >= 4 is 40.0 Å². The van der Waals surface area contributed by atoms with Crippen LogP contribution in [0, 0.1) is 0 Å². The van der Waals surface area contributed by atoms with Crippen LogP contribution in [0.5, 0.6) is 0 Å². The maximum atomic E-state index is 11.3. The molecule has 0 saturated carbocycles. The molecule has 0 amide bonds. The van der Waals surface area contributed by atoms with Crippen LogP contribution in [0.3, 0.4) is 0 Å². The Labute approximate surface area is 117 Å². The maximum absolute atomic E-state index is 11.3. The summed E-state index contributed by atoms with van der Waals surface area (Å²) in [6.07, 6.45) is 0. The molecule has 3 nitrogen and oxygen atoms in total. The standard InChI is InChI=1S/C14H9NO2S2/c16-14(17)10-8-9-4-1-2-5-11(9)15-13(10)19-12-6-3-7-18-12/h1-8H,(H,16,17). The van der Waals surface area contributed by atoms with Gasteiger partial charge in [-0.2, -0.15) is 0 Å². The highest BCUT2D eigenvalue weighted by molar-refractivity contribution is 8.01. The lowest BCUT2D eigenvalue weighted by Crippen LogP contribution is -2.01. The van der Waals surface area contributed by atoms with E-state index < -0.39 is 5.97 Å². The fourth-order valence-electron chi connectivity index (χ4n) is 1.75. The first kappa shape index (κ1) is 12.2. The van der Waals surface area contributed by atoms with Gasteiger partial charge in [-0.15, -0.1) is 11.3 Å². The second kappa shape index (κ2) is 5.03. The average molecular weight is 287 g/mol. The zero-order chi connectivity index (χ0) is 13.2. The van der Waals surface area contributed by atoms with E-state index in [4.69, 9.17) is 0 Å². The van der Waals surface area contributed by atoms with Crippen LogP contribution in [0.2, 0.25) is 0 Å². The van der Waals surface area contributed by atoms with E-state index in [1.807, 2.05) is 41.8 Å². The predicted molar refractivity (Wildman–Crippen MR) is 77.1 cm³/mol. The molecule has 19 heavy (non-hydrogen) atoms. The van der Waals surface area contributed by atoms with Crippen LogP contribution in [0.15, 0.2) is 57.1 Å². The zero-order valence-electron chi connectivity index (χ0n) is 9.74. The summed E-state index contributed by atoms with van der Waals surface area (Å²) in [6.45, 7) is 0. The molecule has 2 aromatic heterocycles. The lowest BCUT2D eigenvalue weighted by atomic mass is 10.1. The number of rotatable bonds is 3. The Morgan fingerprint density at radius 3 is 2.79 bits per heavy atom.